The average molecular weight is 252 g/mol. The number of anilines is 1. The van der Waals surface area contributed by atoms with Crippen molar-refractivity contribution >= 4 is 5.69 Å². The smallest absolute Gasteiger partial charge is 0.0947 e. The Kier molecular flexibility index (Phi) is 6.12. The Labute approximate surface area is 110 Å². The monoisotopic (exact) mass is 252 g/mol. The van der Waals surface area contributed by atoms with Gasteiger partial charge in [0.2, 0.25) is 0 Å². The summed E-state index contributed by atoms with van der Waals surface area (Å²) in [5, 5.41) is 12.9. The molecule has 1 rings (SSSR count). The van der Waals surface area contributed by atoms with E-state index in [1.807, 2.05) is 19.0 Å². The third kappa shape index (κ3) is 4.29. The molecule has 4 nitrogen and oxygen atoms in total. The van der Waals surface area contributed by atoms with Crippen molar-refractivity contribution in [2.45, 2.75) is 19.6 Å². The summed E-state index contributed by atoms with van der Waals surface area (Å²) in [5.41, 5.74) is 3.67. The van der Waals surface area contributed by atoms with Crippen LogP contribution in [-0.4, -0.2) is 45.6 Å². The molecule has 102 valence electrons. The molecule has 0 amide bonds. The van der Waals surface area contributed by atoms with Crippen molar-refractivity contribution in [1.29, 1.82) is 0 Å². The lowest BCUT2D eigenvalue weighted by atomic mass is 10.1. The molecule has 0 radical (unpaired) electrons. The van der Waals surface area contributed by atoms with Crippen LogP contribution in [-0.2, 0) is 11.3 Å². The number of aliphatic hydroxyl groups excluding tert-OH is 1. The summed E-state index contributed by atoms with van der Waals surface area (Å²) in [5.74, 6) is 0. The number of ether oxygens (including phenoxy) is 1. The Morgan fingerprint density at radius 1 is 1.44 bits per heavy atom. The van der Waals surface area contributed by atoms with Gasteiger partial charge < -0.3 is 20.1 Å². The van der Waals surface area contributed by atoms with Gasteiger partial charge in [-0.1, -0.05) is 6.07 Å². The normalized spacial score (nSPS) is 12.5. The summed E-state index contributed by atoms with van der Waals surface area (Å²) in [7, 11) is 5.52. The van der Waals surface area contributed by atoms with Gasteiger partial charge in [-0.25, -0.2) is 0 Å². The fourth-order valence-corrected chi connectivity index (χ4v) is 1.97. The molecule has 1 atom stereocenters. The molecule has 0 saturated carbocycles. The first-order valence-electron chi connectivity index (χ1n) is 6.20. The van der Waals surface area contributed by atoms with Crippen LogP contribution in [0, 0.1) is 6.92 Å². The van der Waals surface area contributed by atoms with E-state index in [1.165, 1.54) is 11.1 Å². The van der Waals surface area contributed by atoms with Crippen LogP contribution < -0.4 is 10.2 Å². The van der Waals surface area contributed by atoms with Crippen LogP contribution in [0.5, 0.6) is 0 Å². The number of rotatable bonds is 7. The number of hydrogen-bond acceptors (Lipinski definition) is 4. The zero-order valence-corrected chi connectivity index (χ0v) is 11.7. The SMILES string of the molecule is CNCc1ccc(N(C)CC(O)COC)cc1C. The van der Waals surface area contributed by atoms with Crippen LogP contribution >= 0.6 is 0 Å². The molecule has 0 spiro atoms. The van der Waals surface area contributed by atoms with E-state index in [2.05, 4.69) is 30.4 Å². The van der Waals surface area contributed by atoms with E-state index in [0.29, 0.717) is 13.2 Å². The first-order chi connectivity index (χ1) is 8.58. The highest BCUT2D eigenvalue weighted by molar-refractivity contribution is 5.50. The maximum Gasteiger partial charge on any atom is 0.0947 e. The van der Waals surface area contributed by atoms with Crippen molar-refractivity contribution in [3.05, 3.63) is 29.3 Å². The number of benzene rings is 1. The van der Waals surface area contributed by atoms with Crippen molar-refractivity contribution in [3.63, 3.8) is 0 Å². The van der Waals surface area contributed by atoms with Crippen molar-refractivity contribution in [2.24, 2.45) is 0 Å². The highest BCUT2D eigenvalue weighted by Crippen LogP contribution is 2.18. The maximum absolute atomic E-state index is 9.71. The summed E-state index contributed by atoms with van der Waals surface area (Å²) < 4.78 is 4.93. The van der Waals surface area contributed by atoms with Crippen LogP contribution in [0.1, 0.15) is 11.1 Å². The van der Waals surface area contributed by atoms with E-state index < -0.39 is 6.10 Å². The third-order valence-corrected chi connectivity index (χ3v) is 2.98. The number of likely N-dealkylation sites (N-methyl/N-ethyl adjacent to an activating group) is 1. The average Bonchev–Trinajstić information content (AvgIpc) is 2.32. The fraction of sp³-hybridized carbons (Fsp3) is 0.571. The minimum Gasteiger partial charge on any atom is -0.389 e. The maximum atomic E-state index is 9.71. The molecule has 0 aliphatic heterocycles. The number of nitrogens with one attached hydrogen (secondary N) is 1. The second-order valence-corrected chi connectivity index (χ2v) is 4.63. The van der Waals surface area contributed by atoms with Crippen LogP contribution in [0.25, 0.3) is 0 Å². The Morgan fingerprint density at radius 2 is 2.17 bits per heavy atom. The van der Waals surface area contributed by atoms with Crippen LogP contribution in [0.3, 0.4) is 0 Å². The van der Waals surface area contributed by atoms with Gasteiger partial charge in [-0.3, -0.25) is 0 Å². The second-order valence-electron chi connectivity index (χ2n) is 4.63. The standard InChI is InChI=1S/C14H24N2O2/c1-11-7-13(6-5-12(11)8-15-2)16(3)9-14(17)10-18-4/h5-7,14-15,17H,8-10H2,1-4H3. The van der Waals surface area contributed by atoms with E-state index in [0.717, 1.165) is 12.2 Å². The predicted molar refractivity (Wildman–Crippen MR) is 75.1 cm³/mol. The molecule has 0 heterocycles. The summed E-state index contributed by atoms with van der Waals surface area (Å²) in [4.78, 5) is 2.04. The predicted octanol–water partition coefficient (Wildman–Crippen LogP) is 1.16. The molecular weight excluding hydrogens is 228 g/mol. The zero-order chi connectivity index (χ0) is 13.5. The summed E-state index contributed by atoms with van der Waals surface area (Å²) in [6.45, 7) is 3.91. The molecule has 1 unspecified atom stereocenters. The summed E-state index contributed by atoms with van der Waals surface area (Å²) in [6, 6.07) is 6.35. The van der Waals surface area contributed by atoms with Gasteiger partial charge >= 0.3 is 0 Å². The van der Waals surface area contributed by atoms with Gasteiger partial charge in [-0.05, 0) is 37.2 Å². The Morgan fingerprint density at radius 3 is 2.72 bits per heavy atom. The van der Waals surface area contributed by atoms with E-state index in [1.54, 1.807) is 7.11 Å². The number of hydrogen-bond donors (Lipinski definition) is 2. The molecule has 4 heteroatoms. The summed E-state index contributed by atoms with van der Waals surface area (Å²) >= 11 is 0. The van der Waals surface area contributed by atoms with Crippen molar-refractivity contribution in [2.75, 3.05) is 39.3 Å². The molecular formula is C14H24N2O2. The fourth-order valence-electron chi connectivity index (χ4n) is 1.97. The number of aliphatic hydroxyl groups is 1. The van der Waals surface area contributed by atoms with Gasteiger partial charge in [0, 0.05) is 32.9 Å². The third-order valence-electron chi connectivity index (χ3n) is 2.98. The van der Waals surface area contributed by atoms with E-state index >= 15 is 0 Å². The van der Waals surface area contributed by atoms with Gasteiger partial charge in [-0.2, -0.15) is 0 Å². The minimum absolute atomic E-state index is 0.362. The van der Waals surface area contributed by atoms with Crippen molar-refractivity contribution < 1.29 is 9.84 Å². The quantitative estimate of drug-likeness (QED) is 0.764. The number of nitrogens with zero attached hydrogens (tertiary/aromatic N) is 1. The number of aryl methyl sites for hydroxylation is 1. The lowest BCUT2D eigenvalue weighted by Crippen LogP contribution is -2.31. The first kappa shape index (κ1) is 15.0. The van der Waals surface area contributed by atoms with E-state index in [-0.39, 0.29) is 0 Å². The lowest BCUT2D eigenvalue weighted by molar-refractivity contribution is 0.0695. The van der Waals surface area contributed by atoms with Crippen LogP contribution in [0.2, 0.25) is 0 Å². The molecule has 0 bridgehead atoms. The zero-order valence-electron chi connectivity index (χ0n) is 11.7. The highest BCUT2D eigenvalue weighted by atomic mass is 16.5. The molecule has 0 saturated heterocycles. The molecule has 1 aromatic carbocycles. The van der Waals surface area contributed by atoms with Crippen LogP contribution in [0.4, 0.5) is 5.69 Å². The van der Waals surface area contributed by atoms with Gasteiger partial charge in [-0.15, -0.1) is 0 Å². The largest absolute Gasteiger partial charge is 0.389 e. The second kappa shape index (κ2) is 7.36. The molecule has 2 N–H and O–H groups in total. The number of methoxy groups -OCH3 is 1. The molecule has 1 aromatic rings. The Balaban J connectivity index is 2.68. The van der Waals surface area contributed by atoms with E-state index in [4.69, 9.17) is 4.74 Å². The Bertz CT molecular complexity index is 369. The first-order valence-corrected chi connectivity index (χ1v) is 6.20. The van der Waals surface area contributed by atoms with Gasteiger partial charge in [0.25, 0.3) is 0 Å². The molecule has 0 aromatic heterocycles. The molecule has 0 aliphatic rings. The lowest BCUT2D eigenvalue weighted by Gasteiger charge is -2.23. The van der Waals surface area contributed by atoms with Gasteiger partial charge in [0.1, 0.15) is 0 Å². The molecule has 0 aliphatic carbocycles. The molecule has 18 heavy (non-hydrogen) atoms. The topological polar surface area (TPSA) is 44.7 Å². The summed E-state index contributed by atoms with van der Waals surface area (Å²) in [6.07, 6.45) is -0.461. The van der Waals surface area contributed by atoms with Gasteiger partial charge in [0.15, 0.2) is 0 Å². The highest BCUT2D eigenvalue weighted by Gasteiger charge is 2.09. The van der Waals surface area contributed by atoms with Crippen molar-refractivity contribution in [1.82, 2.24) is 5.32 Å². The van der Waals surface area contributed by atoms with Gasteiger partial charge in [0.05, 0.1) is 12.7 Å². The minimum atomic E-state index is -0.461. The van der Waals surface area contributed by atoms with Crippen LogP contribution in [0.15, 0.2) is 18.2 Å². The Hall–Kier alpha value is -1.10. The van der Waals surface area contributed by atoms with Crippen molar-refractivity contribution in [3.8, 4) is 0 Å². The molecule has 0 fully saturated rings. The van der Waals surface area contributed by atoms with E-state index in [9.17, 15) is 5.11 Å².